The number of nitrogens with one attached hydrogen (secondary N) is 2. The Labute approximate surface area is 189 Å². The average Bonchev–Trinajstić information content (AvgIpc) is 2.77. The molecule has 1 aliphatic heterocycles. The van der Waals surface area contributed by atoms with Crippen LogP contribution in [0.1, 0.15) is 31.0 Å². The van der Waals surface area contributed by atoms with E-state index in [-0.39, 0.29) is 22.6 Å². The summed E-state index contributed by atoms with van der Waals surface area (Å²) in [6.45, 7) is 3.30. The van der Waals surface area contributed by atoms with E-state index in [0.29, 0.717) is 11.3 Å². The topological polar surface area (TPSA) is 149 Å². The van der Waals surface area contributed by atoms with Crippen molar-refractivity contribution in [3.63, 3.8) is 0 Å². The molecule has 3 N–H and O–H groups in total. The second kappa shape index (κ2) is 9.47. The number of amides is 2. The first-order chi connectivity index (χ1) is 15.7. The fourth-order valence-electron chi connectivity index (χ4n) is 3.41. The van der Waals surface area contributed by atoms with Gasteiger partial charge in [-0.1, -0.05) is 0 Å². The maximum absolute atomic E-state index is 13.1. The van der Waals surface area contributed by atoms with E-state index in [1.807, 2.05) is 0 Å². The molecule has 0 saturated heterocycles. The highest BCUT2D eigenvalue weighted by Gasteiger charge is 2.38. The maximum atomic E-state index is 13.1. The molecule has 174 valence electrons. The normalized spacial score (nSPS) is 15.5. The molecule has 0 spiro atoms. The lowest BCUT2D eigenvalue weighted by molar-refractivity contribution is -0.385. The summed E-state index contributed by atoms with van der Waals surface area (Å²) in [5.74, 6) is -0.763. The van der Waals surface area contributed by atoms with Crippen molar-refractivity contribution in [3.8, 4) is 17.2 Å². The number of ether oxygens (including phenoxy) is 3. The predicted molar refractivity (Wildman–Crippen MR) is 117 cm³/mol. The zero-order chi connectivity index (χ0) is 24.3. The fourth-order valence-corrected chi connectivity index (χ4v) is 3.41. The third-order valence-corrected chi connectivity index (χ3v) is 4.85. The number of rotatable bonds is 7. The minimum Gasteiger partial charge on any atom is -0.504 e. The van der Waals surface area contributed by atoms with E-state index in [1.165, 1.54) is 14.2 Å². The van der Waals surface area contributed by atoms with Crippen LogP contribution in [0.25, 0.3) is 5.70 Å². The van der Waals surface area contributed by atoms with Crippen molar-refractivity contribution in [3.05, 3.63) is 63.2 Å². The molecule has 1 atom stereocenters. The van der Waals surface area contributed by atoms with Crippen LogP contribution in [0.3, 0.4) is 0 Å². The minimum atomic E-state index is -1.29. The van der Waals surface area contributed by atoms with Gasteiger partial charge in [-0.05, 0) is 49.7 Å². The molecule has 11 nitrogen and oxygen atoms in total. The van der Waals surface area contributed by atoms with Crippen LogP contribution in [0.2, 0.25) is 0 Å². The monoisotopic (exact) mass is 457 g/mol. The van der Waals surface area contributed by atoms with Gasteiger partial charge in [0, 0.05) is 0 Å². The zero-order valence-corrected chi connectivity index (χ0v) is 18.4. The summed E-state index contributed by atoms with van der Waals surface area (Å²) in [6, 6.07) is 6.64. The quantitative estimate of drug-likeness (QED) is 0.326. The number of phenols is 1. The maximum Gasteiger partial charge on any atom is 0.338 e. The first-order valence-electron chi connectivity index (χ1n) is 9.88. The van der Waals surface area contributed by atoms with Gasteiger partial charge in [0.05, 0.1) is 54.2 Å². The first kappa shape index (κ1) is 23.4. The molecule has 1 heterocycles. The zero-order valence-electron chi connectivity index (χ0n) is 18.4. The van der Waals surface area contributed by atoms with Gasteiger partial charge in [-0.15, -0.1) is 0 Å². The number of carbonyl (C=O) groups is 2. The van der Waals surface area contributed by atoms with Crippen LogP contribution >= 0.6 is 0 Å². The number of nitrogens with zero attached hydrogens (tertiary/aromatic N) is 1. The minimum absolute atomic E-state index is 0.0684. The van der Waals surface area contributed by atoms with Crippen LogP contribution in [0, 0.1) is 10.1 Å². The molecular formula is C22H23N3O8. The Morgan fingerprint density at radius 3 is 2.36 bits per heavy atom. The van der Waals surface area contributed by atoms with Gasteiger partial charge in [-0.25, -0.2) is 9.59 Å². The van der Waals surface area contributed by atoms with Gasteiger partial charge in [0.2, 0.25) is 0 Å². The fraction of sp³-hybridized carbons (Fsp3) is 0.273. The predicted octanol–water partition coefficient (Wildman–Crippen LogP) is 3.03. The van der Waals surface area contributed by atoms with Gasteiger partial charge in [-0.3, -0.25) is 10.1 Å². The van der Waals surface area contributed by atoms with Crippen LogP contribution in [-0.2, 0) is 9.53 Å². The summed E-state index contributed by atoms with van der Waals surface area (Å²) in [5.41, 5.74) is -0.0785. The third kappa shape index (κ3) is 4.81. The Balaban J connectivity index is 2.28. The first-order valence-corrected chi connectivity index (χ1v) is 9.88. The summed E-state index contributed by atoms with van der Waals surface area (Å²) in [5, 5.41) is 27.2. The van der Waals surface area contributed by atoms with E-state index in [1.54, 1.807) is 38.1 Å². The molecule has 0 aromatic heterocycles. The number of nitro benzene ring substituents is 1. The summed E-state index contributed by atoms with van der Waals surface area (Å²) in [6.07, 6.45) is -0.500. The molecule has 0 radical (unpaired) electrons. The molecule has 0 aliphatic carbocycles. The Bertz CT molecular complexity index is 1130. The molecule has 0 saturated carbocycles. The van der Waals surface area contributed by atoms with Crippen LogP contribution in [0.4, 0.5) is 10.5 Å². The van der Waals surface area contributed by atoms with Crippen molar-refractivity contribution < 1.29 is 33.8 Å². The lowest BCUT2D eigenvalue weighted by Crippen LogP contribution is -2.45. The number of hydrogen-bond donors (Lipinski definition) is 3. The number of phenolic OH excluding ortho intramolecular Hbond substituents is 1. The molecule has 2 amide bonds. The van der Waals surface area contributed by atoms with Crippen molar-refractivity contribution in [2.75, 3.05) is 14.2 Å². The van der Waals surface area contributed by atoms with Gasteiger partial charge in [0.25, 0.3) is 5.69 Å². The second-order valence-electron chi connectivity index (χ2n) is 7.34. The molecule has 0 fully saturated rings. The van der Waals surface area contributed by atoms with E-state index < -0.39 is 40.5 Å². The van der Waals surface area contributed by atoms with Crippen molar-refractivity contribution in [2.45, 2.75) is 26.0 Å². The highest BCUT2D eigenvalue weighted by atomic mass is 16.6. The third-order valence-electron chi connectivity index (χ3n) is 4.85. The second-order valence-corrected chi connectivity index (χ2v) is 7.34. The summed E-state index contributed by atoms with van der Waals surface area (Å²) < 4.78 is 15.5. The van der Waals surface area contributed by atoms with Crippen LogP contribution < -0.4 is 20.1 Å². The summed E-state index contributed by atoms with van der Waals surface area (Å²) in [4.78, 5) is 36.8. The number of esters is 1. The number of carbonyl (C=O) groups excluding carboxylic acids is 2. The van der Waals surface area contributed by atoms with Gasteiger partial charge in [0.1, 0.15) is 5.75 Å². The lowest BCUT2D eigenvalue weighted by atomic mass is 9.91. The molecule has 11 heteroatoms. The number of methoxy groups -OCH3 is 2. The highest BCUT2D eigenvalue weighted by Crippen LogP contribution is 2.41. The Hall–Kier alpha value is -4.28. The number of nitro groups is 1. The molecule has 1 unspecified atom stereocenters. The van der Waals surface area contributed by atoms with Crippen LogP contribution in [0.15, 0.2) is 42.0 Å². The molecule has 0 bridgehead atoms. The molecule has 2 aromatic carbocycles. The van der Waals surface area contributed by atoms with Crippen LogP contribution in [-0.4, -0.2) is 42.4 Å². The molecular weight excluding hydrogens is 434 g/mol. The Kier molecular flexibility index (Phi) is 6.71. The largest absolute Gasteiger partial charge is 0.504 e. The molecule has 3 rings (SSSR count). The summed E-state index contributed by atoms with van der Waals surface area (Å²) >= 11 is 0. The van der Waals surface area contributed by atoms with Gasteiger partial charge in [0.15, 0.2) is 11.5 Å². The highest BCUT2D eigenvalue weighted by molar-refractivity contribution is 6.05. The van der Waals surface area contributed by atoms with Gasteiger partial charge in [-0.2, -0.15) is 0 Å². The number of hydrogen-bond acceptors (Lipinski definition) is 8. The number of aromatic hydroxyl groups is 1. The van der Waals surface area contributed by atoms with E-state index in [0.717, 1.165) is 12.1 Å². The average molecular weight is 457 g/mol. The molecule has 1 aliphatic rings. The van der Waals surface area contributed by atoms with Crippen molar-refractivity contribution in [1.82, 2.24) is 10.6 Å². The SMILES string of the molecule is COc1ccc(C2=C(C(=O)OC(C)C)C(c3cc(O)c(OC)cc3[N+](=O)[O-])NC(=O)N2)cc1. The van der Waals surface area contributed by atoms with E-state index in [4.69, 9.17) is 14.2 Å². The smallest absolute Gasteiger partial charge is 0.338 e. The van der Waals surface area contributed by atoms with Crippen LogP contribution in [0.5, 0.6) is 17.2 Å². The van der Waals surface area contributed by atoms with Crippen molar-refractivity contribution >= 4 is 23.4 Å². The van der Waals surface area contributed by atoms with Crippen molar-refractivity contribution in [2.24, 2.45) is 0 Å². The van der Waals surface area contributed by atoms with E-state index in [9.17, 15) is 24.8 Å². The van der Waals surface area contributed by atoms with Crippen molar-refractivity contribution in [1.29, 1.82) is 0 Å². The van der Waals surface area contributed by atoms with Gasteiger partial charge >= 0.3 is 12.0 Å². The standard InChI is InChI=1S/C22H23N3O8/c1-11(2)33-21(27)18-19(12-5-7-13(31-3)8-6-12)23-22(28)24-20(18)14-9-16(26)17(32-4)10-15(14)25(29)30/h5-11,20,26H,1-4H3,(H2,23,24,28). The number of benzene rings is 2. The van der Waals surface area contributed by atoms with E-state index in [2.05, 4.69) is 10.6 Å². The summed E-state index contributed by atoms with van der Waals surface area (Å²) in [7, 11) is 2.75. The Morgan fingerprint density at radius 1 is 1.15 bits per heavy atom. The lowest BCUT2D eigenvalue weighted by Gasteiger charge is -2.30. The van der Waals surface area contributed by atoms with E-state index >= 15 is 0 Å². The molecule has 33 heavy (non-hydrogen) atoms. The Morgan fingerprint density at radius 2 is 1.82 bits per heavy atom. The number of urea groups is 1. The van der Waals surface area contributed by atoms with Gasteiger partial charge < -0.3 is 30.0 Å². The molecule has 2 aromatic rings.